The van der Waals surface area contributed by atoms with E-state index in [-0.39, 0.29) is 20.1 Å². The quantitative estimate of drug-likeness (QED) is 0.805. The van der Waals surface area contributed by atoms with E-state index in [0.29, 0.717) is 0 Å². The normalized spacial score (nSPS) is 11.2. The van der Waals surface area contributed by atoms with Crippen molar-refractivity contribution in [3.8, 4) is 0 Å². The van der Waals surface area contributed by atoms with Crippen LogP contribution in [-0.4, -0.2) is 26.5 Å². The molecule has 2 aromatic rings. The molecule has 0 amide bonds. The average molecular weight is 395 g/mol. The standard InChI is InChI=1S/C11H8BrFN2O4S2/c1-19-10(16)9-11(20-5-14-9)21(17,18)15-6-2-3-8(13)7(12)4-6/h2-5,15H,1H3. The third-order valence-electron chi connectivity index (χ3n) is 2.33. The Morgan fingerprint density at radius 1 is 1.48 bits per heavy atom. The van der Waals surface area contributed by atoms with E-state index in [9.17, 15) is 17.6 Å². The Morgan fingerprint density at radius 3 is 2.81 bits per heavy atom. The van der Waals surface area contributed by atoms with Crippen molar-refractivity contribution in [2.75, 3.05) is 11.8 Å². The van der Waals surface area contributed by atoms with Gasteiger partial charge in [-0.25, -0.2) is 22.6 Å². The lowest BCUT2D eigenvalue weighted by Crippen LogP contribution is -2.16. The van der Waals surface area contributed by atoms with Gasteiger partial charge in [-0.2, -0.15) is 0 Å². The van der Waals surface area contributed by atoms with Crippen LogP contribution >= 0.6 is 27.3 Å². The summed E-state index contributed by atoms with van der Waals surface area (Å²) in [4.78, 5) is 15.1. The van der Waals surface area contributed by atoms with Crippen molar-refractivity contribution >= 4 is 48.9 Å². The zero-order valence-electron chi connectivity index (χ0n) is 10.5. The van der Waals surface area contributed by atoms with Gasteiger partial charge >= 0.3 is 5.97 Å². The number of sulfonamides is 1. The summed E-state index contributed by atoms with van der Waals surface area (Å²) in [6.07, 6.45) is 0. The summed E-state index contributed by atoms with van der Waals surface area (Å²) in [6, 6.07) is 3.64. The lowest BCUT2D eigenvalue weighted by molar-refractivity contribution is 0.0590. The molecule has 1 aromatic heterocycles. The molecule has 10 heteroatoms. The monoisotopic (exact) mass is 394 g/mol. The van der Waals surface area contributed by atoms with Crippen LogP contribution in [0.2, 0.25) is 0 Å². The second-order valence-corrected chi connectivity index (χ2v) is 7.30. The predicted molar refractivity (Wildman–Crippen MR) is 78.4 cm³/mol. The second kappa shape index (κ2) is 6.08. The van der Waals surface area contributed by atoms with Crippen molar-refractivity contribution in [3.05, 3.63) is 39.7 Å². The van der Waals surface area contributed by atoms with Gasteiger partial charge in [0.2, 0.25) is 0 Å². The highest BCUT2D eigenvalue weighted by Crippen LogP contribution is 2.26. The van der Waals surface area contributed by atoms with Gasteiger partial charge in [0.1, 0.15) is 5.82 Å². The molecule has 6 nitrogen and oxygen atoms in total. The van der Waals surface area contributed by atoms with Gasteiger partial charge in [-0.15, -0.1) is 11.3 Å². The molecule has 0 saturated carbocycles. The zero-order valence-corrected chi connectivity index (χ0v) is 13.7. The number of nitrogens with one attached hydrogen (secondary N) is 1. The first-order chi connectivity index (χ1) is 9.85. The number of nitrogens with zero attached hydrogens (tertiary/aromatic N) is 1. The van der Waals surface area contributed by atoms with Gasteiger partial charge in [-0.3, -0.25) is 4.72 Å². The van der Waals surface area contributed by atoms with Crippen LogP contribution in [0.15, 0.2) is 32.4 Å². The summed E-state index contributed by atoms with van der Waals surface area (Å²) in [7, 11) is -2.90. The van der Waals surface area contributed by atoms with Crippen LogP contribution in [0, 0.1) is 5.82 Å². The number of carbonyl (C=O) groups excluding carboxylic acids is 1. The molecule has 0 unspecified atom stereocenters. The molecule has 0 saturated heterocycles. The summed E-state index contributed by atoms with van der Waals surface area (Å²) in [5, 5.41) is 0. The number of hydrogen-bond acceptors (Lipinski definition) is 6. The fourth-order valence-electron chi connectivity index (χ4n) is 1.42. The number of ether oxygens (including phenoxy) is 1. The number of aromatic nitrogens is 1. The first kappa shape index (κ1) is 15.9. The van der Waals surface area contributed by atoms with E-state index in [1.165, 1.54) is 17.6 Å². The predicted octanol–water partition coefficient (Wildman–Crippen LogP) is 2.63. The SMILES string of the molecule is COC(=O)c1ncsc1S(=O)(=O)Nc1ccc(F)c(Br)c1. The number of methoxy groups -OCH3 is 1. The number of benzene rings is 1. The lowest BCUT2D eigenvalue weighted by atomic mass is 10.3. The minimum atomic E-state index is -4.02. The fraction of sp³-hybridized carbons (Fsp3) is 0.0909. The maximum Gasteiger partial charge on any atom is 0.358 e. The highest BCUT2D eigenvalue weighted by Gasteiger charge is 2.26. The van der Waals surface area contributed by atoms with E-state index in [2.05, 4.69) is 30.4 Å². The van der Waals surface area contributed by atoms with Crippen LogP contribution in [0.25, 0.3) is 0 Å². The van der Waals surface area contributed by atoms with Crippen molar-refractivity contribution in [1.29, 1.82) is 0 Å². The van der Waals surface area contributed by atoms with E-state index >= 15 is 0 Å². The molecule has 21 heavy (non-hydrogen) atoms. The van der Waals surface area contributed by atoms with Crippen LogP contribution in [-0.2, 0) is 14.8 Å². The van der Waals surface area contributed by atoms with Crippen molar-refractivity contribution in [1.82, 2.24) is 4.98 Å². The molecule has 0 aliphatic rings. The van der Waals surface area contributed by atoms with Gasteiger partial charge in [-0.1, -0.05) is 0 Å². The smallest absolute Gasteiger partial charge is 0.358 e. The summed E-state index contributed by atoms with van der Waals surface area (Å²) in [5.74, 6) is -1.37. The fourth-order valence-corrected chi connectivity index (χ4v) is 3.98. The Bertz CT molecular complexity index is 791. The maximum atomic E-state index is 13.1. The molecule has 0 aliphatic heterocycles. The molecule has 112 valence electrons. The van der Waals surface area contributed by atoms with Gasteiger partial charge in [0.15, 0.2) is 9.90 Å². The second-order valence-electron chi connectivity index (χ2n) is 3.71. The number of rotatable bonds is 4. The molecule has 1 heterocycles. The highest BCUT2D eigenvalue weighted by atomic mass is 79.9. The van der Waals surface area contributed by atoms with Crippen molar-refractivity contribution in [3.63, 3.8) is 0 Å². The van der Waals surface area contributed by atoms with Crippen molar-refractivity contribution in [2.24, 2.45) is 0 Å². The first-order valence-corrected chi connectivity index (χ1v) is 8.50. The molecule has 2 rings (SSSR count). The van der Waals surface area contributed by atoms with E-state index < -0.39 is 21.8 Å². The van der Waals surface area contributed by atoms with Gasteiger partial charge in [0, 0.05) is 0 Å². The molecular formula is C11H8BrFN2O4S2. The van der Waals surface area contributed by atoms with E-state index in [1.807, 2.05) is 0 Å². The lowest BCUT2D eigenvalue weighted by Gasteiger charge is -2.08. The minimum absolute atomic E-state index is 0.111. The van der Waals surface area contributed by atoms with Crippen LogP contribution in [0.3, 0.4) is 0 Å². The molecule has 1 N–H and O–H groups in total. The Morgan fingerprint density at radius 2 is 2.19 bits per heavy atom. The van der Waals surface area contributed by atoms with Crippen molar-refractivity contribution < 1.29 is 22.3 Å². The molecule has 1 aromatic carbocycles. The van der Waals surface area contributed by atoms with E-state index in [0.717, 1.165) is 24.5 Å². The molecule has 0 radical (unpaired) electrons. The Labute approximate surface area is 132 Å². The van der Waals surface area contributed by atoms with E-state index in [1.54, 1.807) is 0 Å². The molecule has 0 fully saturated rings. The van der Waals surface area contributed by atoms with Crippen LogP contribution in [0.4, 0.5) is 10.1 Å². The minimum Gasteiger partial charge on any atom is -0.464 e. The summed E-state index contributed by atoms with van der Waals surface area (Å²) >= 11 is 3.74. The highest BCUT2D eigenvalue weighted by molar-refractivity contribution is 9.10. The van der Waals surface area contributed by atoms with Gasteiger partial charge < -0.3 is 4.74 Å². The van der Waals surface area contributed by atoms with Crippen LogP contribution in [0.1, 0.15) is 10.5 Å². The average Bonchev–Trinajstić information content (AvgIpc) is 2.92. The van der Waals surface area contributed by atoms with Crippen LogP contribution < -0.4 is 4.72 Å². The van der Waals surface area contributed by atoms with Crippen LogP contribution in [0.5, 0.6) is 0 Å². The number of thiazole rings is 1. The maximum absolute atomic E-state index is 13.1. The Balaban J connectivity index is 2.37. The molecule has 0 spiro atoms. The molecular weight excluding hydrogens is 387 g/mol. The number of anilines is 1. The number of hydrogen-bond donors (Lipinski definition) is 1. The number of halogens is 2. The summed E-state index contributed by atoms with van der Waals surface area (Å²) < 4.78 is 44.2. The Hall–Kier alpha value is -1.52. The van der Waals surface area contributed by atoms with Gasteiger partial charge in [-0.05, 0) is 34.1 Å². The molecule has 0 bridgehead atoms. The van der Waals surface area contributed by atoms with E-state index in [4.69, 9.17) is 0 Å². The first-order valence-electron chi connectivity index (χ1n) is 5.35. The zero-order chi connectivity index (χ0) is 15.6. The molecule has 0 aliphatic carbocycles. The van der Waals surface area contributed by atoms with Crippen molar-refractivity contribution in [2.45, 2.75) is 4.21 Å². The molecule has 0 atom stereocenters. The third kappa shape index (κ3) is 3.39. The largest absolute Gasteiger partial charge is 0.464 e. The topological polar surface area (TPSA) is 85.4 Å². The van der Waals surface area contributed by atoms with Gasteiger partial charge in [0.25, 0.3) is 10.0 Å². The number of carbonyl (C=O) groups is 1. The van der Waals surface area contributed by atoms with Gasteiger partial charge in [0.05, 0.1) is 22.8 Å². The Kier molecular flexibility index (Phi) is 4.59. The third-order valence-corrected chi connectivity index (χ3v) is 5.69. The summed E-state index contributed by atoms with van der Waals surface area (Å²) in [5.41, 5.74) is 1.07. The number of esters is 1. The summed E-state index contributed by atoms with van der Waals surface area (Å²) in [6.45, 7) is 0.